The highest BCUT2D eigenvalue weighted by Crippen LogP contribution is 2.37. The molecule has 1 atom stereocenters. The molecule has 0 radical (unpaired) electrons. The lowest BCUT2D eigenvalue weighted by molar-refractivity contribution is -0.137. The van der Waals surface area contributed by atoms with E-state index in [1.54, 1.807) is 43.5 Å². The van der Waals surface area contributed by atoms with Gasteiger partial charge in [-0.05, 0) is 49.1 Å². The minimum absolute atomic E-state index is 0.136. The number of hydrogen-bond acceptors (Lipinski definition) is 6. The molecule has 0 saturated carbocycles. The Morgan fingerprint density at radius 1 is 1.15 bits per heavy atom. The van der Waals surface area contributed by atoms with Gasteiger partial charge in [-0.2, -0.15) is 0 Å². The Kier molecular flexibility index (Phi) is 7.40. The van der Waals surface area contributed by atoms with Crippen LogP contribution in [-0.4, -0.2) is 43.2 Å². The van der Waals surface area contributed by atoms with Gasteiger partial charge in [0.05, 0.1) is 20.4 Å². The second kappa shape index (κ2) is 10.6. The van der Waals surface area contributed by atoms with E-state index in [0.29, 0.717) is 41.1 Å². The zero-order chi connectivity index (χ0) is 23.2. The number of oxazole rings is 1. The topological polar surface area (TPSA) is 74.0 Å². The molecule has 7 nitrogen and oxygen atoms in total. The molecule has 0 N–H and O–H groups in total. The highest BCUT2D eigenvalue weighted by Gasteiger charge is 2.32. The van der Waals surface area contributed by atoms with Crippen molar-refractivity contribution in [2.75, 3.05) is 27.4 Å². The molecule has 1 unspecified atom stereocenters. The number of ether oxygens (including phenoxy) is 3. The van der Waals surface area contributed by atoms with Crippen LogP contribution in [-0.2, 0) is 11.2 Å². The SMILES string of the molecule is COc1cccc(OC)c1OCC(=O)N1CCCCC1c1ncc(Cc2cccc(Cl)c2)o1. The molecular formula is C25H27ClN2O5. The van der Waals surface area contributed by atoms with Crippen molar-refractivity contribution in [2.24, 2.45) is 0 Å². The first-order chi connectivity index (χ1) is 16.1. The summed E-state index contributed by atoms with van der Waals surface area (Å²) < 4.78 is 22.6. The molecule has 2 heterocycles. The van der Waals surface area contributed by atoms with Gasteiger partial charge in [0, 0.05) is 18.0 Å². The summed E-state index contributed by atoms with van der Waals surface area (Å²) >= 11 is 6.09. The molecule has 1 amide bonds. The molecule has 0 bridgehead atoms. The van der Waals surface area contributed by atoms with E-state index in [1.165, 1.54) is 0 Å². The number of para-hydroxylation sites is 1. The number of piperidine rings is 1. The predicted molar refractivity (Wildman–Crippen MR) is 124 cm³/mol. The molecule has 8 heteroatoms. The molecule has 1 aliphatic rings. The van der Waals surface area contributed by atoms with Crippen LogP contribution in [0, 0.1) is 0 Å². The lowest BCUT2D eigenvalue weighted by Gasteiger charge is -2.33. The Labute approximate surface area is 198 Å². The van der Waals surface area contributed by atoms with Crippen molar-refractivity contribution in [3.8, 4) is 17.2 Å². The van der Waals surface area contributed by atoms with Gasteiger partial charge < -0.3 is 23.5 Å². The van der Waals surface area contributed by atoms with Gasteiger partial charge >= 0.3 is 0 Å². The quantitative estimate of drug-likeness (QED) is 0.457. The average Bonchev–Trinajstić information content (AvgIpc) is 3.30. The molecule has 2 aromatic carbocycles. The molecule has 1 aromatic heterocycles. The van der Waals surface area contributed by atoms with Crippen LogP contribution in [0.15, 0.2) is 53.1 Å². The molecule has 0 aliphatic carbocycles. The number of likely N-dealkylation sites (tertiary alicyclic amines) is 1. The maximum absolute atomic E-state index is 13.1. The fourth-order valence-corrected chi connectivity index (χ4v) is 4.28. The van der Waals surface area contributed by atoms with Gasteiger partial charge in [-0.1, -0.05) is 29.8 Å². The maximum Gasteiger partial charge on any atom is 0.261 e. The Morgan fingerprint density at radius 3 is 2.64 bits per heavy atom. The lowest BCUT2D eigenvalue weighted by Crippen LogP contribution is -2.41. The van der Waals surface area contributed by atoms with E-state index in [2.05, 4.69) is 4.98 Å². The van der Waals surface area contributed by atoms with Crippen LogP contribution in [0.4, 0.5) is 0 Å². The van der Waals surface area contributed by atoms with Crippen molar-refractivity contribution in [1.82, 2.24) is 9.88 Å². The minimum Gasteiger partial charge on any atom is -0.493 e. The number of rotatable bonds is 8. The number of carbonyl (C=O) groups is 1. The van der Waals surface area contributed by atoms with E-state index in [-0.39, 0.29) is 18.6 Å². The number of benzene rings is 2. The molecule has 0 spiro atoms. The van der Waals surface area contributed by atoms with Gasteiger partial charge in [-0.15, -0.1) is 0 Å². The van der Waals surface area contributed by atoms with Crippen LogP contribution in [0.25, 0.3) is 0 Å². The zero-order valence-electron chi connectivity index (χ0n) is 18.8. The van der Waals surface area contributed by atoms with E-state index >= 15 is 0 Å². The van der Waals surface area contributed by atoms with Crippen molar-refractivity contribution in [1.29, 1.82) is 0 Å². The van der Waals surface area contributed by atoms with Crippen molar-refractivity contribution in [3.63, 3.8) is 0 Å². The number of aromatic nitrogens is 1. The molecule has 1 fully saturated rings. The van der Waals surface area contributed by atoms with Crippen molar-refractivity contribution in [3.05, 3.63) is 70.9 Å². The Hall–Kier alpha value is -3.19. The summed E-state index contributed by atoms with van der Waals surface area (Å²) in [6.45, 7) is 0.491. The number of carbonyl (C=O) groups excluding carboxylic acids is 1. The normalized spacial score (nSPS) is 15.8. The van der Waals surface area contributed by atoms with Gasteiger partial charge in [0.2, 0.25) is 11.6 Å². The van der Waals surface area contributed by atoms with Crippen LogP contribution in [0.3, 0.4) is 0 Å². The number of amides is 1. The van der Waals surface area contributed by atoms with Crippen LogP contribution >= 0.6 is 11.6 Å². The van der Waals surface area contributed by atoms with Gasteiger partial charge in [0.25, 0.3) is 5.91 Å². The first-order valence-corrected chi connectivity index (χ1v) is 11.3. The summed E-state index contributed by atoms with van der Waals surface area (Å²) in [6.07, 6.45) is 5.04. The highest BCUT2D eigenvalue weighted by atomic mass is 35.5. The summed E-state index contributed by atoms with van der Waals surface area (Å²) in [5.74, 6) is 2.58. The average molecular weight is 471 g/mol. The summed E-state index contributed by atoms with van der Waals surface area (Å²) in [7, 11) is 3.10. The number of methoxy groups -OCH3 is 2. The van der Waals surface area contributed by atoms with Crippen LogP contribution in [0.2, 0.25) is 5.02 Å². The van der Waals surface area contributed by atoms with Gasteiger partial charge in [-0.3, -0.25) is 4.79 Å². The summed E-state index contributed by atoms with van der Waals surface area (Å²) in [5, 5.41) is 0.683. The summed E-state index contributed by atoms with van der Waals surface area (Å²) in [5.41, 5.74) is 1.04. The minimum atomic E-state index is -0.220. The van der Waals surface area contributed by atoms with Crippen molar-refractivity contribution in [2.45, 2.75) is 31.7 Å². The Morgan fingerprint density at radius 2 is 1.91 bits per heavy atom. The number of hydrogen-bond donors (Lipinski definition) is 0. The number of halogens is 1. The zero-order valence-corrected chi connectivity index (χ0v) is 19.5. The molecule has 3 aromatic rings. The number of nitrogens with zero attached hydrogens (tertiary/aromatic N) is 2. The molecule has 1 aliphatic heterocycles. The third-order valence-electron chi connectivity index (χ3n) is 5.67. The van der Waals surface area contributed by atoms with Gasteiger partial charge in [0.15, 0.2) is 18.1 Å². The van der Waals surface area contributed by atoms with Crippen LogP contribution < -0.4 is 14.2 Å². The summed E-state index contributed by atoms with van der Waals surface area (Å²) in [4.78, 5) is 19.4. The van der Waals surface area contributed by atoms with Crippen molar-refractivity contribution >= 4 is 17.5 Å². The Balaban J connectivity index is 1.46. The summed E-state index contributed by atoms with van der Waals surface area (Å²) in [6, 6.07) is 12.8. The molecular weight excluding hydrogens is 444 g/mol. The van der Waals surface area contributed by atoms with Crippen LogP contribution in [0.5, 0.6) is 17.2 Å². The third kappa shape index (κ3) is 5.42. The van der Waals surface area contributed by atoms with E-state index in [1.807, 2.05) is 24.3 Å². The van der Waals surface area contributed by atoms with Crippen LogP contribution in [0.1, 0.15) is 42.5 Å². The first-order valence-electron chi connectivity index (χ1n) is 10.9. The standard InChI is InChI=1S/C25H27ClN2O5/c1-30-21-10-6-11-22(31-2)24(21)32-16-23(29)28-12-4-3-9-20(28)25-27-15-19(33-25)14-17-7-5-8-18(26)13-17/h5-8,10-11,13,15,20H,3-4,9,12,14,16H2,1-2H3. The third-order valence-corrected chi connectivity index (χ3v) is 5.90. The Bertz CT molecular complexity index is 1080. The monoisotopic (exact) mass is 470 g/mol. The van der Waals surface area contributed by atoms with E-state index in [9.17, 15) is 4.79 Å². The van der Waals surface area contributed by atoms with E-state index in [4.69, 9.17) is 30.2 Å². The lowest BCUT2D eigenvalue weighted by atomic mass is 10.0. The highest BCUT2D eigenvalue weighted by molar-refractivity contribution is 6.30. The first kappa shape index (κ1) is 23.0. The van der Waals surface area contributed by atoms with E-state index in [0.717, 1.165) is 30.6 Å². The second-order valence-electron chi connectivity index (χ2n) is 7.85. The second-order valence-corrected chi connectivity index (χ2v) is 8.29. The molecule has 33 heavy (non-hydrogen) atoms. The van der Waals surface area contributed by atoms with Crippen molar-refractivity contribution < 1.29 is 23.4 Å². The maximum atomic E-state index is 13.1. The predicted octanol–water partition coefficient (Wildman–Crippen LogP) is 5.07. The molecule has 4 rings (SSSR count). The van der Waals surface area contributed by atoms with Gasteiger partial charge in [-0.25, -0.2) is 4.98 Å². The largest absolute Gasteiger partial charge is 0.493 e. The van der Waals surface area contributed by atoms with E-state index < -0.39 is 0 Å². The fourth-order valence-electron chi connectivity index (χ4n) is 4.07. The molecule has 1 saturated heterocycles. The smallest absolute Gasteiger partial charge is 0.261 e. The van der Waals surface area contributed by atoms with Gasteiger partial charge in [0.1, 0.15) is 11.8 Å². The molecule has 174 valence electrons. The fraction of sp³-hybridized carbons (Fsp3) is 0.360.